The summed E-state index contributed by atoms with van der Waals surface area (Å²) in [6.45, 7) is 0. The third kappa shape index (κ3) is 3.80. The van der Waals surface area contributed by atoms with Crippen molar-refractivity contribution in [3.05, 3.63) is 127 Å². The molecule has 6 nitrogen and oxygen atoms in total. The van der Waals surface area contributed by atoms with Crippen LogP contribution in [0.1, 0.15) is 0 Å². The SMILES string of the molecule is Oc1c(O)c(O)c(-c2c3ccccc3c(-c3ccc4oc5c(-c6cccc7ccccc67)cccc5c4c3)c3ccccc23)c(O)c1O. The maximum atomic E-state index is 11.0. The van der Waals surface area contributed by atoms with Crippen LogP contribution in [-0.2, 0) is 0 Å². The van der Waals surface area contributed by atoms with Gasteiger partial charge in [0.1, 0.15) is 11.2 Å². The average Bonchev–Trinajstić information content (AvgIpc) is 3.51. The van der Waals surface area contributed by atoms with Gasteiger partial charge in [0, 0.05) is 21.9 Å². The molecule has 0 bridgehead atoms. The van der Waals surface area contributed by atoms with E-state index in [1.165, 1.54) is 0 Å². The molecule has 0 aliphatic rings. The lowest BCUT2D eigenvalue weighted by Crippen LogP contribution is -1.92. The monoisotopic (exact) mass is 626 g/mol. The van der Waals surface area contributed by atoms with Crippen molar-refractivity contribution in [2.75, 3.05) is 0 Å². The largest absolute Gasteiger partial charge is 0.504 e. The van der Waals surface area contributed by atoms with Crippen molar-refractivity contribution in [1.29, 1.82) is 0 Å². The van der Waals surface area contributed by atoms with Crippen LogP contribution >= 0.6 is 0 Å². The Hall–Kier alpha value is -6.66. The molecule has 0 atom stereocenters. The van der Waals surface area contributed by atoms with Crippen LogP contribution in [0.4, 0.5) is 0 Å². The summed E-state index contributed by atoms with van der Waals surface area (Å²) in [5.41, 5.74) is 5.77. The van der Waals surface area contributed by atoms with Gasteiger partial charge < -0.3 is 29.9 Å². The van der Waals surface area contributed by atoms with E-state index in [0.29, 0.717) is 16.3 Å². The number of furan rings is 1. The minimum Gasteiger partial charge on any atom is -0.504 e. The summed E-state index contributed by atoms with van der Waals surface area (Å²) in [7, 11) is 0. The van der Waals surface area contributed by atoms with Crippen LogP contribution in [0.2, 0.25) is 0 Å². The molecule has 0 amide bonds. The molecule has 0 aliphatic carbocycles. The molecule has 48 heavy (non-hydrogen) atoms. The van der Waals surface area contributed by atoms with Gasteiger partial charge in [-0.15, -0.1) is 0 Å². The normalized spacial score (nSPS) is 11.8. The summed E-state index contributed by atoms with van der Waals surface area (Å²) in [6.07, 6.45) is 0. The number of phenolic OH excluding ortho intramolecular Hbond substituents is 5. The zero-order chi connectivity index (χ0) is 32.7. The predicted octanol–water partition coefficient (Wildman–Crippen LogP) is 10.6. The molecule has 1 aromatic heterocycles. The number of phenols is 5. The van der Waals surface area contributed by atoms with Crippen LogP contribution in [0.15, 0.2) is 132 Å². The number of hydrogen-bond donors (Lipinski definition) is 5. The maximum Gasteiger partial charge on any atom is 0.208 e. The van der Waals surface area contributed by atoms with Gasteiger partial charge in [0.15, 0.2) is 11.5 Å². The van der Waals surface area contributed by atoms with Crippen molar-refractivity contribution in [1.82, 2.24) is 0 Å². The fraction of sp³-hybridized carbons (Fsp3) is 0. The Morgan fingerprint density at radius 2 is 0.854 bits per heavy atom. The van der Waals surface area contributed by atoms with Gasteiger partial charge in [-0.3, -0.25) is 0 Å². The van der Waals surface area contributed by atoms with Crippen molar-refractivity contribution in [2.24, 2.45) is 0 Å². The highest BCUT2D eigenvalue weighted by atomic mass is 16.4. The molecule has 230 valence electrons. The Labute approximate surface area is 273 Å². The molecule has 5 N–H and O–H groups in total. The molecule has 8 aromatic carbocycles. The number of aromatic hydroxyl groups is 5. The van der Waals surface area contributed by atoms with E-state index in [4.69, 9.17) is 4.42 Å². The van der Waals surface area contributed by atoms with E-state index in [2.05, 4.69) is 54.6 Å². The minimum atomic E-state index is -0.997. The smallest absolute Gasteiger partial charge is 0.208 e. The van der Waals surface area contributed by atoms with Gasteiger partial charge in [0.05, 0.1) is 5.56 Å². The Kier molecular flexibility index (Phi) is 5.86. The molecule has 9 rings (SSSR count). The zero-order valence-electron chi connectivity index (χ0n) is 25.3. The predicted molar refractivity (Wildman–Crippen MR) is 191 cm³/mol. The van der Waals surface area contributed by atoms with Crippen molar-refractivity contribution in [3.8, 4) is 62.1 Å². The van der Waals surface area contributed by atoms with Crippen LogP contribution in [-0.4, -0.2) is 25.5 Å². The standard InChI is InChI=1S/C42H26O6/c43-37-36(38(44)40(46)41(47)39(37)45)35-28-14-5-3-12-26(28)34(27-13-4-6-15-29(27)35)23-19-20-33-32(21-23)31-18-8-17-30(42(31)48-33)25-16-7-10-22-9-1-2-11-24(22)25/h1-21,43-47H. The summed E-state index contributed by atoms with van der Waals surface area (Å²) in [4.78, 5) is 0. The van der Waals surface area contributed by atoms with Crippen LogP contribution in [0.25, 0.3) is 87.6 Å². The van der Waals surface area contributed by atoms with Crippen molar-refractivity contribution in [2.45, 2.75) is 0 Å². The van der Waals surface area contributed by atoms with Gasteiger partial charge in [-0.25, -0.2) is 0 Å². The Morgan fingerprint density at radius 3 is 1.52 bits per heavy atom. The van der Waals surface area contributed by atoms with Gasteiger partial charge >= 0.3 is 0 Å². The lowest BCUT2D eigenvalue weighted by molar-refractivity contribution is 0.330. The highest BCUT2D eigenvalue weighted by molar-refractivity contribution is 6.23. The molecule has 0 radical (unpaired) electrons. The van der Waals surface area contributed by atoms with Crippen molar-refractivity contribution in [3.63, 3.8) is 0 Å². The highest BCUT2D eigenvalue weighted by Gasteiger charge is 2.28. The number of para-hydroxylation sites is 1. The first-order valence-electron chi connectivity index (χ1n) is 15.5. The first-order chi connectivity index (χ1) is 23.4. The summed E-state index contributed by atoms with van der Waals surface area (Å²) in [6, 6.07) is 42.2. The van der Waals surface area contributed by atoms with Crippen LogP contribution < -0.4 is 0 Å². The Bertz CT molecular complexity index is 2700. The van der Waals surface area contributed by atoms with E-state index in [1.54, 1.807) is 0 Å². The third-order valence-corrected chi connectivity index (χ3v) is 9.42. The Balaban J connectivity index is 1.33. The van der Waals surface area contributed by atoms with E-state index < -0.39 is 28.7 Å². The molecule has 0 fully saturated rings. The summed E-state index contributed by atoms with van der Waals surface area (Å²) < 4.78 is 6.56. The second-order valence-electron chi connectivity index (χ2n) is 12.0. The lowest BCUT2D eigenvalue weighted by Gasteiger charge is -2.20. The zero-order valence-corrected chi connectivity index (χ0v) is 25.3. The van der Waals surface area contributed by atoms with Gasteiger partial charge in [0.2, 0.25) is 17.2 Å². The Morgan fingerprint density at radius 1 is 0.354 bits per heavy atom. The fourth-order valence-corrected chi connectivity index (χ4v) is 7.26. The molecule has 6 heteroatoms. The molecule has 0 saturated heterocycles. The first kappa shape index (κ1) is 27.6. The van der Waals surface area contributed by atoms with Crippen LogP contribution in [0.3, 0.4) is 0 Å². The van der Waals surface area contributed by atoms with E-state index in [-0.39, 0.29) is 5.56 Å². The molecular formula is C42H26O6. The molecule has 0 unspecified atom stereocenters. The van der Waals surface area contributed by atoms with E-state index >= 15 is 0 Å². The average molecular weight is 627 g/mol. The lowest BCUT2D eigenvalue weighted by atomic mass is 9.85. The molecular weight excluding hydrogens is 600 g/mol. The van der Waals surface area contributed by atoms with Gasteiger partial charge in [-0.1, -0.05) is 115 Å². The summed E-state index contributed by atoms with van der Waals surface area (Å²) in [5.74, 6) is -4.31. The van der Waals surface area contributed by atoms with E-state index in [9.17, 15) is 25.5 Å². The van der Waals surface area contributed by atoms with Crippen molar-refractivity contribution >= 4 is 54.3 Å². The molecule has 0 saturated carbocycles. The van der Waals surface area contributed by atoms with E-state index in [0.717, 1.165) is 65.7 Å². The maximum absolute atomic E-state index is 11.0. The quantitative estimate of drug-likeness (QED) is 0.0757. The molecule has 1 heterocycles. The number of rotatable bonds is 3. The fourth-order valence-electron chi connectivity index (χ4n) is 7.26. The first-order valence-corrected chi connectivity index (χ1v) is 15.5. The topological polar surface area (TPSA) is 114 Å². The van der Waals surface area contributed by atoms with Crippen LogP contribution in [0.5, 0.6) is 28.7 Å². The number of fused-ring (bicyclic) bond motifs is 6. The summed E-state index contributed by atoms with van der Waals surface area (Å²) >= 11 is 0. The highest BCUT2D eigenvalue weighted by Crippen LogP contribution is 2.57. The molecule has 0 aliphatic heterocycles. The van der Waals surface area contributed by atoms with Gasteiger partial charge in [-0.2, -0.15) is 0 Å². The molecule has 0 spiro atoms. The van der Waals surface area contributed by atoms with Crippen molar-refractivity contribution < 1.29 is 29.9 Å². The van der Waals surface area contributed by atoms with Gasteiger partial charge in [0.25, 0.3) is 0 Å². The number of hydrogen-bond acceptors (Lipinski definition) is 6. The van der Waals surface area contributed by atoms with Gasteiger partial charge in [-0.05, 0) is 61.1 Å². The minimum absolute atomic E-state index is 0.181. The second kappa shape index (κ2) is 10.2. The number of benzene rings is 8. The van der Waals surface area contributed by atoms with E-state index in [1.807, 2.05) is 72.8 Å². The van der Waals surface area contributed by atoms with Crippen LogP contribution in [0, 0.1) is 0 Å². The molecule has 9 aromatic rings. The second-order valence-corrected chi connectivity index (χ2v) is 12.0. The third-order valence-electron chi connectivity index (χ3n) is 9.42. The summed E-state index contributed by atoms with van der Waals surface area (Å²) in [5, 5.41) is 60.3.